The third kappa shape index (κ3) is 1.95. The van der Waals surface area contributed by atoms with Crippen molar-refractivity contribution in [2.45, 2.75) is 50.4 Å². The zero-order valence-electron chi connectivity index (χ0n) is 11.6. The minimum absolute atomic E-state index is 0.0256. The van der Waals surface area contributed by atoms with E-state index in [2.05, 4.69) is 15.3 Å². The molecule has 0 spiro atoms. The Hall–Kier alpha value is -1.89. The monoisotopic (exact) mass is 290 g/mol. The molecular formula is C14H18N4O3. The maximum Gasteiger partial charge on any atom is 0.326 e. The SMILES string of the molecule is O=C(O)C1Cc2nc[nH]c2CN1C(=O)C1CC2CCC1N2. The number of hydrogen-bond donors (Lipinski definition) is 3. The van der Waals surface area contributed by atoms with E-state index < -0.39 is 12.0 Å². The maximum atomic E-state index is 12.8. The standard InChI is InChI=1S/C14H18N4O3/c19-13(8-3-7-1-2-9(8)17-7)18-5-11-10(15-6-16-11)4-12(18)14(20)21/h6-9,12,17H,1-5H2,(H,15,16)(H,20,21). The predicted octanol–water partition coefficient (Wildman–Crippen LogP) is -0.112. The largest absolute Gasteiger partial charge is 0.480 e. The van der Waals surface area contributed by atoms with E-state index in [1.807, 2.05) is 0 Å². The molecule has 2 saturated heterocycles. The van der Waals surface area contributed by atoms with Crippen molar-refractivity contribution in [3.05, 3.63) is 17.7 Å². The number of nitrogens with one attached hydrogen (secondary N) is 2. The molecule has 3 aliphatic rings. The van der Waals surface area contributed by atoms with Crippen LogP contribution in [0, 0.1) is 5.92 Å². The van der Waals surface area contributed by atoms with Crippen molar-refractivity contribution in [3.8, 4) is 0 Å². The van der Waals surface area contributed by atoms with Crippen molar-refractivity contribution in [1.29, 1.82) is 0 Å². The fraction of sp³-hybridized carbons (Fsp3) is 0.643. The number of amides is 1. The van der Waals surface area contributed by atoms with Crippen LogP contribution in [0.2, 0.25) is 0 Å². The minimum Gasteiger partial charge on any atom is -0.480 e. The number of carbonyl (C=O) groups excluding carboxylic acids is 1. The first kappa shape index (κ1) is 12.8. The number of aromatic amines is 1. The molecule has 2 fully saturated rings. The van der Waals surface area contributed by atoms with Gasteiger partial charge in [-0.15, -0.1) is 0 Å². The Kier molecular flexibility index (Phi) is 2.78. The molecular weight excluding hydrogens is 272 g/mol. The maximum absolute atomic E-state index is 12.8. The van der Waals surface area contributed by atoms with E-state index in [-0.39, 0.29) is 24.3 Å². The molecule has 3 aliphatic heterocycles. The summed E-state index contributed by atoms with van der Waals surface area (Å²) in [6.45, 7) is 0.318. The number of aliphatic carboxylic acids is 1. The van der Waals surface area contributed by atoms with Crippen LogP contribution in [0.15, 0.2) is 6.33 Å². The fourth-order valence-electron chi connectivity index (χ4n) is 4.00. The Labute approximate surface area is 121 Å². The lowest BCUT2D eigenvalue weighted by Gasteiger charge is -2.35. The zero-order chi connectivity index (χ0) is 14.6. The summed E-state index contributed by atoms with van der Waals surface area (Å²) >= 11 is 0. The van der Waals surface area contributed by atoms with E-state index in [9.17, 15) is 14.7 Å². The van der Waals surface area contributed by atoms with Gasteiger partial charge in [-0.05, 0) is 19.3 Å². The second-order valence-electron chi connectivity index (χ2n) is 6.24. The normalized spacial score (nSPS) is 34.0. The highest BCUT2D eigenvalue weighted by molar-refractivity contribution is 5.86. The number of rotatable bonds is 2. The first-order chi connectivity index (χ1) is 10.1. The van der Waals surface area contributed by atoms with Crippen molar-refractivity contribution in [3.63, 3.8) is 0 Å². The van der Waals surface area contributed by atoms with Crippen LogP contribution in [0.4, 0.5) is 0 Å². The highest BCUT2D eigenvalue weighted by Gasteiger charge is 2.47. The topological polar surface area (TPSA) is 98.3 Å². The van der Waals surface area contributed by atoms with Gasteiger partial charge in [0.05, 0.1) is 30.2 Å². The quantitative estimate of drug-likeness (QED) is 0.706. The van der Waals surface area contributed by atoms with Crippen LogP contribution in [0.5, 0.6) is 0 Å². The van der Waals surface area contributed by atoms with E-state index >= 15 is 0 Å². The molecule has 0 aromatic carbocycles. The van der Waals surface area contributed by atoms with E-state index in [1.165, 1.54) is 4.90 Å². The average molecular weight is 290 g/mol. The molecule has 0 radical (unpaired) electrons. The van der Waals surface area contributed by atoms with Gasteiger partial charge < -0.3 is 20.3 Å². The number of H-pyrrole nitrogens is 1. The van der Waals surface area contributed by atoms with E-state index in [4.69, 9.17) is 0 Å². The number of carbonyl (C=O) groups is 2. The molecule has 7 heteroatoms. The van der Waals surface area contributed by atoms with Crippen LogP contribution in [0.1, 0.15) is 30.7 Å². The molecule has 0 saturated carbocycles. The number of fused-ring (bicyclic) bond motifs is 3. The second kappa shape index (κ2) is 4.56. The van der Waals surface area contributed by atoms with Gasteiger partial charge in [0.25, 0.3) is 0 Å². The Morgan fingerprint density at radius 3 is 2.90 bits per heavy atom. The number of carboxylic acid groups (broad SMARTS) is 1. The van der Waals surface area contributed by atoms with E-state index in [0.717, 1.165) is 30.7 Å². The molecule has 1 aromatic heterocycles. The summed E-state index contributed by atoms with van der Waals surface area (Å²) in [5.41, 5.74) is 1.62. The lowest BCUT2D eigenvalue weighted by Crippen LogP contribution is -2.52. The molecule has 21 heavy (non-hydrogen) atoms. The van der Waals surface area contributed by atoms with Gasteiger partial charge in [-0.25, -0.2) is 9.78 Å². The van der Waals surface area contributed by atoms with Crippen LogP contribution in [-0.2, 0) is 22.6 Å². The van der Waals surface area contributed by atoms with Crippen LogP contribution in [0.25, 0.3) is 0 Å². The van der Waals surface area contributed by atoms with Gasteiger partial charge in [-0.2, -0.15) is 0 Å². The summed E-state index contributed by atoms with van der Waals surface area (Å²) in [7, 11) is 0. The summed E-state index contributed by atoms with van der Waals surface area (Å²) in [5.74, 6) is -1.05. The van der Waals surface area contributed by atoms with Crippen molar-refractivity contribution in [2.75, 3.05) is 0 Å². The minimum atomic E-state index is -0.951. The lowest BCUT2D eigenvalue weighted by atomic mass is 9.87. The summed E-state index contributed by atoms with van der Waals surface area (Å²) in [6, 6.07) is -0.146. The number of imidazole rings is 1. The number of hydrogen-bond acceptors (Lipinski definition) is 4. The third-order valence-corrected chi connectivity index (χ3v) is 5.08. The molecule has 0 aliphatic carbocycles. The molecule has 112 valence electrons. The van der Waals surface area contributed by atoms with Gasteiger partial charge in [0.2, 0.25) is 5.91 Å². The molecule has 7 nitrogen and oxygen atoms in total. The summed E-state index contributed by atoms with van der Waals surface area (Å²) in [6.07, 6.45) is 4.83. The lowest BCUT2D eigenvalue weighted by molar-refractivity contribution is -0.153. The third-order valence-electron chi connectivity index (χ3n) is 5.08. The summed E-state index contributed by atoms with van der Waals surface area (Å²) in [4.78, 5) is 33.0. The van der Waals surface area contributed by atoms with Gasteiger partial charge in [0.1, 0.15) is 6.04 Å². The van der Waals surface area contributed by atoms with Crippen LogP contribution in [0.3, 0.4) is 0 Å². The Bertz CT molecular complexity index is 599. The van der Waals surface area contributed by atoms with Crippen molar-refractivity contribution in [1.82, 2.24) is 20.2 Å². The van der Waals surface area contributed by atoms with Gasteiger partial charge in [-0.1, -0.05) is 0 Å². The fourth-order valence-corrected chi connectivity index (χ4v) is 4.00. The Balaban J connectivity index is 1.60. The molecule has 4 rings (SSSR count). The smallest absolute Gasteiger partial charge is 0.326 e. The van der Waals surface area contributed by atoms with Gasteiger partial charge in [-0.3, -0.25) is 4.79 Å². The van der Waals surface area contributed by atoms with E-state index in [1.54, 1.807) is 6.33 Å². The van der Waals surface area contributed by atoms with Crippen LogP contribution < -0.4 is 5.32 Å². The van der Waals surface area contributed by atoms with E-state index in [0.29, 0.717) is 12.6 Å². The Morgan fingerprint density at radius 2 is 2.24 bits per heavy atom. The predicted molar refractivity (Wildman–Crippen MR) is 72.3 cm³/mol. The van der Waals surface area contributed by atoms with Gasteiger partial charge >= 0.3 is 5.97 Å². The highest BCUT2D eigenvalue weighted by atomic mass is 16.4. The van der Waals surface area contributed by atoms with Crippen molar-refractivity contribution < 1.29 is 14.7 Å². The summed E-state index contributed by atoms with van der Waals surface area (Å²) < 4.78 is 0. The first-order valence-electron chi connectivity index (χ1n) is 7.44. The molecule has 1 aromatic rings. The molecule has 1 amide bonds. The molecule has 3 N–H and O–H groups in total. The highest BCUT2D eigenvalue weighted by Crippen LogP contribution is 2.35. The second-order valence-corrected chi connectivity index (χ2v) is 6.24. The van der Waals surface area contributed by atoms with Crippen LogP contribution in [-0.4, -0.2) is 50.0 Å². The van der Waals surface area contributed by atoms with Gasteiger partial charge in [0, 0.05) is 18.5 Å². The number of nitrogens with zero attached hydrogens (tertiary/aromatic N) is 2. The molecule has 4 unspecified atom stereocenters. The molecule has 4 atom stereocenters. The van der Waals surface area contributed by atoms with Crippen molar-refractivity contribution in [2.24, 2.45) is 5.92 Å². The van der Waals surface area contributed by atoms with Crippen molar-refractivity contribution >= 4 is 11.9 Å². The number of aromatic nitrogens is 2. The number of carboxylic acids is 1. The average Bonchev–Trinajstić information content (AvgIpc) is 3.20. The van der Waals surface area contributed by atoms with Crippen LogP contribution >= 0.6 is 0 Å². The molecule has 2 bridgehead atoms. The Morgan fingerprint density at radius 1 is 1.38 bits per heavy atom. The zero-order valence-corrected chi connectivity index (χ0v) is 11.6. The van der Waals surface area contributed by atoms with Gasteiger partial charge in [0.15, 0.2) is 0 Å². The first-order valence-corrected chi connectivity index (χ1v) is 7.44. The summed E-state index contributed by atoms with van der Waals surface area (Å²) in [5, 5.41) is 12.9. The molecule has 4 heterocycles.